The molecule has 6 N–H and O–H groups in total. The second-order valence-corrected chi connectivity index (χ2v) is 11.0. The van der Waals surface area contributed by atoms with Crippen LogP contribution < -0.4 is 10.5 Å². The molecule has 2 aromatic heterocycles. The van der Waals surface area contributed by atoms with E-state index >= 15 is 0 Å². The monoisotopic (exact) mass is 632 g/mol. The number of fused-ring (bicyclic) bond motifs is 2. The Kier molecular flexibility index (Phi) is 8.96. The van der Waals surface area contributed by atoms with E-state index in [0.29, 0.717) is 28.8 Å². The molecule has 9 nitrogen and oxygen atoms in total. The lowest BCUT2D eigenvalue weighted by molar-refractivity contribution is 0.0342. The molecule has 5 rings (SSSR count). The minimum Gasteiger partial charge on any atom is -0.493 e. The Bertz CT molecular complexity index is 1730. The second-order valence-electron chi connectivity index (χ2n) is 10.1. The summed E-state index contributed by atoms with van der Waals surface area (Å²) in [6.45, 7) is 1.39. The van der Waals surface area contributed by atoms with Gasteiger partial charge in [-0.2, -0.15) is 0 Å². The van der Waals surface area contributed by atoms with Crippen molar-refractivity contribution in [3.8, 4) is 5.75 Å². The quantitative estimate of drug-likeness (QED) is 0.137. The Hall–Kier alpha value is -4.12. The summed E-state index contributed by atoms with van der Waals surface area (Å²) >= 11 is 3.47. The number of benzene rings is 3. The summed E-state index contributed by atoms with van der Waals surface area (Å²) in [6, 6.07) is 18.9. The average Bonchev–Trinajstić information content (AvgIpc) is 3.58. The number of aliphatic hydroxyl groups excluding tert-OH is 2. The zero-order valence-electron chi connectivity index (χ0n) is 23.1. The van der Waals surface area contributed by atoms with E-state index in [0.717, 1.165) is 27.4 Å². The topological polar surface area (TPSA) is 145 Å². The number of hydrogen-bond donors (Lipinski definition) is 5. The van der Waals surface area contributed by atoms with Gasteiger partial charge in [0.1, 0.15) is 11.4 Å². The van der Waals surface area contributed by atoms with Gasteiger partial charge in [-0.05, 0) is 61.2 Å². The summed E-state index contributed by atoms with van der Waals surface area (Å²) < 4.78 is 6.48. The number of nitrogens with one attached hydrogen (secondary N) is 2. The Morgan fingerprint density at radius 3 is 2.31 bits per heavy atom. The van der Waals surface area contributed by atoms with Crippen LogP contribution in [0.3, 0.4) is 0 Å². The third-order valence-corrected chi connectivity index (χ3v) is 8.04. The number of aromatic amines is 2. The number of amides is 2. The molecule has 0 aliphatic rings. The fourth-order valence-corrected chi connectivity index (χ4v) is 5.99. The van der Waals surface area contributed by atoms with Gasteiger partial charge in [0.2, 0.25) is 0 Å². The number of carbonyl (C=O) groups excluding carboxylic acids is 2. The molecular weight excluding hydrogens is 600 g/mol. The van der Waals surface area contributed by atoms with Gasteiger partial charge in [-0.3, -0.25) is 9.59 Å². The molecule has 5 aromatic rings. The minimum atomic E-state index is -0.814. The zero-order chi connectivity index (χ0) is 29.8. The normalized spacial score (nSPS) is 12.9. The highest BCUT2D eigenvalue weighted by molar-refractivity contribution is 9.10. The number of ether oxygens (including phenoxy) is 1. The van der Waals surface area contributed by atoms with Gasteiger partial charge < -0.3 is 35.6 Å². The van der Waals surface area contributed by atoms with Crippen molar-refractivity contribution in [2.75, 3.05) is 19.8 Å². The van der Waals surface area contributed by atoms with Crippen molar-refractivity contribution in [2.45, 2.75) is 31.8 Å². The van der Waals surface area contributed by atoms with E-state index in [-0.39, 0.29) is 24.3 Å². The van der Waals surface area contributed by atoms with E-state index in [9.17, 15) is 19.8 Å². The number of H-pyrrole nitrogens is 2. The molecule has 2 amide bonds. The van der Waals surface area contributed by atoms with Crippen LogP contribution in [-0.2, 0) is 12.8 Å². The molecule has 0 fully saturated rings. The first kappa shape index (κ1) is 29.4. The van der Waals surface area contributed by atoms with Gasteiger partial charge in [0.15, 0.2) is 0 Å². The van der Waals surface area contributed by atoms with Crippen molar-refractivity contribution in [3.05, 3.63) is 99.8 Å². The van der Waals surface area contributed by atoms with Crippen molar-refractivity contribution in [3.63, 3.8) is 0 Å². The van der Waals surface area contributed by atoms with Gasteiger partial charge in [0, 0.05) is 32.5 Å². The molecule has 2 atom stereocenters. The number of aromatic nitrogens is 2. The van der Waals surface area contributed by atoms with Crippen LogP contribution in [0.15, 0.2) is 77.4 Å². The van der Waals surface area contributed by atoms with Gasteiger partial charge >= 0.3 is 0 Å². The predicted molar refractivity (Wildman–Crippen MR) is 166 cm³/mol. The van der Waals surface area contributed by atoms with E-state index < -0.39 is 30.5 Å². The van der Waals surface area contributed by atoms with Crippen LogP contribution in [0.5, 0.6) is 5.75 Å². The number of halogens is 1. The summed E-state index contributed by atoms with van der Waals surface area (Å²) in [4.78, 5) is 34.8. The Morgan fingerprint density at radius 1 is 0.952 bits per heavy atom. The highest BCUT2D eigenvalue weighted by atomic mass is 79.9. The molecule has 3 aromatic carbocycles. The maximum atomic E-state index is 14.5. The first-order chi connectivity index (χ1) is 20.4. The molecule has 0 saturated heterocycles. The fraction of sp³-hybridized carbons (Fsp3) is 0.250. The number of nitrogens with zero attached hydrogens (tertiary/aromatic N) is 1. The van der Waals surface area contributed by atoms with E-state index in [1.165, 1.54) is 4.90 Å². The fourth-order valence-electron chi connectivity index (χ4n) is 5.63. The van der Waals surface area contributed by atoms with Crippen molar-refractivity contribution in [1.29, 1.82) is 0 Å². The smallest absolute Gasteiger partial charge is 0.265 e. The highest BCUT2D eigenvalue weighted by Gasteiger charge is 2.34. The molecule has 0 spiro atoms. The molecule has 42 heavy (non-hydrogen) atoms. The molecule has 10 heteroatoms. The second kappa shape index (κ2) is 12.8. The first-order valence-electron chi connectivity index (χ1n) is 13.8. The van der Waals surface area contributed by atoms with Gasteiger partial charge in [0.05, 0.1) is 37.5 Å². The molecule has 0 aliphatic carbocycles. The molecule has 0 radical (unpaired) electrons. The van der Waals surface area contributed by atoms with Crippen molar-refractivity contribution in [1.82, 2.24) is 14.9 Å². The Balaban J connectivity index is 1.62. The maximum absolute atomic E-state index is 14.5. The molecule has 218 valence electrons. The zero-order valence-corrected chi connectivity index (χ0v) is 24.7. The van der Waals surface area contributed by atoms with Crippen LogP contribution in [0.25, 0.3) is 21.8 Å². The number of nitrogens with two attached hydrogens (primary N) is 1. The van der Waals surface area contributed by atoms with Crippen molar-refractivity contribution < 1.29 is 24.5 Å². The van der Waals surface area contributed by atoms with Gasteiger partial charge in [0.25, 0.3) is 11.8 Å². The van der Waals surface area contributed by atoms with Crippen molar-refractivity contribution in [2.24, 2.45) is 5.73 Å². The van der Waals surface area contributed by atoms with Gasteiger partial charge in [-0.25, -0.2) is 0 Å². The molecule has 0 bridgehead atoms. The molecule has 0 aliphatic heterocycles. The minimum absolute atomic E-state index is 0.118. The van der Waals surface area contributed by atoms with Gasteiger partial charge in [-0.15, -0.1) is 0 Å². The maximum Gasteiger partial charge on any atom is 0.265 e. The van der Waals surface area contributed by atoms with E-state index in [1.807, 2.05) is 61.7 Å². The first-order valence-corrected chi connectivity index (χ1v) is 14.6. The number of aliphatic hydroxyl groups is 2. The van der Waals surface area contributed by atoms with Crippen LogP contribution in [0.2, 0.25) is 0 Å². The number of hydrogen-bond acceptors (Lipinski definition) is 5. The van der Waals surface area contributed by atoms with Crippen LogP contribution in [-0.4, -0.2) is 68.8 Å². The third kappa shape index (κ3) is 5.78. The summed E-state index contributed by atoms with van der Waals surface area (Å²) in [5, 5.41) is 23.3. The third-order valence-electron chi connectivity index (χ3n) is 7.54. The van der Waals surface area contributed by atoms with E-state index in [1.54, 1.807) is 18.2 Å². The number of carbonyl (C=O) groups is 2. The molecule has 1 unspecified atom stereocenters. The molecular formula is C32H33BrN4O5. The summed E-state index contributed by atoms with van der Waals surface area (Å²) in [6.07, 6.45) is 2.31. The number of primary amides is 1. The lowest BCUT2D eigenvalue weighted by atomic mass is 9.96. The highest BCUT2D eigenvalue weighted by Crippen LogP contribution is 2.31. The standard InChI is InChI=1S/C32H33BrN4O5/c1-2-42-29-12-11-20(33)14-26(29)32(41)37(21(17-38)13-19-16-35-27-9-5-3-7-23(19)27)22(18-39)15-25-24-8-4-6-10-28(24)36-30(25)31(34)40/h3-12,14,16,21-22,35-36,38-39H,2,13,15,17-18H2,1H3,(H2,34,40)/t21-,22?/m1/s1. The van der Waals surface area contributed by atoms with Crippen LogP contribution in [0.1, 0.15) is 38.9 Å². The molecule has 0 saturated carbocycles. The molecule has 2 heterocycles. The summed E-state index contributed by atoms with van der Waals surface area (Å²) in [7, 11) is 0. The van der Waals surface area contributed by atoms with E-state index in [2.05, 4.69) is 25.9 Å². The number of para-hydroxylation sites is 2. The average molecular weight is 634 g/mol. The Morgan fingerprint density at radius 2 is 1.62 bits per heavy atom. The van der Waals surface area contributed by atoms with Crippen LogP contribution in [0, 0.1) is 0 Å². The lowest BCUT2D eigenvalue weighted by Gasteiger charge is -2.37. The largest absolute Gasteiger partial charge is 0.493 e. The van der Waals surface area contributed by atoms with E-state index in [4.69, 9.17) is 10.5 Å². The predicted octanol–water partition coefficient (Wildman–Crippen LogP) is 4.56. The van der Waals surface area contributed by atoms with Crippen LogP contribution in [0.4, 0.5) is 0 Å². The summed E-state index contributed by atoms with van der Waals surface area (Å²) in [5.74, 6) is -0.668. The Labute approximate surface area is 251 Å². The summed E-state index contributed by atoms with van der Waals surface area (Å²) in [5.41, 5.74) is 9.43. The number of rotatable bonds is 12. The van der Waals surface area contributed by atoms with Crippen LogP contribution >= 0.6 is 15.9 Å². The van der Waals surface area contributed by atoms with Gasteiger partial charge in [-0.1, -0.05) is 52.3 Å². The van der Waals surface area contributed by atoms with Crippen molar-refractivity contribution >= 4 is 49.6 Å². The lowest BCUT2D eigenvalue weighted by Crippen LogP contribution is -2.52. The SMILES string of the molecule is CCOc1ccc(Br)cc1C(=O)N(C(CO)Cc1c(C(N)=O)[nH]c2ccccc12)[C@@H](CO)Cc1c[nH]c2ccccc12.